The number of aliphatic imine (C=N–C) groups is 1. The van der Waals surface area contributed by atoms with Gasteiger partial charge in [-0.2, -0.15) is 0 Å². The lowest BCUT2D eigenvalue weighted by molar-refractivity contribution is 0.254. The lowest BCUT2D eigenvalue weighted by Crippen LogP contribution is -2.39. The van der Waals surface area contributed by atoms with Crippen LogP contribution in [0.5, 0.6) is 0 Å². The molecule has 0 atom stereocenters. The minimum atomic E-state index is -0.222. The zero-order valence-corrected chi connectivity index (χ0v) is 13.6. The van der Waals surface area contributed by atoms with Crippen LogP contribution in [-0.2, 0) is 6.54 Å². The molecule has 1 N–H and O–H groups in total. The van der Waals surface area contributed by atoms with Crippen LogP contribution < -0.4 is 0 Å². The van der Waals surface area contributed by atoms with E-state index >= 15 is 0 Å². The lowest BCUT2D eigenvalue weighted by Gasteiger charge is -2.29. The Balaban J connectivity index is 1.83. The van der Waals surface area contributed by atoms with Gasteiger partial charge in [0.2, 0.25) is 0 Å². The number of aromatic amines is 1. The van der Waals surface area contributed by atoms with Crippen LogP contribution in [0.25, 0.3) is 16.5 Å². The minimum absolute atomic E-state index is 0.222. The van der Waals surface area contributed by atoms with Gasteiger partial charge in [0.05, 0.1) is 12.3 Å². The van der Waals surface area contributed by atoms with Crippen LogP contribution >= 0.6 is 0 Å². The quantitative estimate of drug-likeness (QED) is 0.945. The van der Waals surface area contributed by atoms with Crippen molar-refractivity contribution in [2.45, 2.75) is 6.54 Å². The van der Waals surface area contributed by atoms with Gasteiger partial charge in [-0.05, 0) is 37.4 Å². The average molecular weight is 312 g/mol. The molecule has 0 unspecified atom stereocenters. The molecule has 0 amide bonds. The number of nitrogens with zero attached hydrogens (tertiary/aromatic N) is 3. The summed E-state index contributed by atoms with van der Waals surface area (Å²) in [6.07, 6.45) is 0. The summed E-state index contributed by atoms with van der Waals surface area (Å²) in [7, 11) is 4.17. The first-order chi connectivity index (χ1) is 11.0. The van der Waals surface area contributed by atoms with E-state index in [0.717, 1.165) is 59.6 Å². The Hall–Kier alpha value is -1.98. The number of H-pyrrole nitrogens is 1. The predicted molar refractivity (Wildman–Crippen MR) is 92.5 cm³/mol. The summed E-state index contributed by atoms with van der Waals surface area (Å²) in [5.74, 6) is -0.222. The van der Waals surface area contributed by atoms with E-state index in [1.165, 1.54) is 5.56 Å². The molecular weight excluding hydrogens is 291 g/mol. The number of aromatic nitrogens is 1. The molecule has 0 saturated carbocycles. The van der Waals surface area contributed by atoms with E-state index < -0.39 is 0 Å². The molecule has 4 rings (SSSR count). The molecule has 0 bridgehead atoms. The molecule has 0 spiro atoms. The molecule has 0 radical (unpaired) electrons. The summed E-state index contributed by atoms with van der Waals surface area (Å²) in [6, 6.07) is 3.17. The van der Waals surface area contributed by atoms with Crippen molar-refractivity contribution in [3.63, 3.8) is 0 Å². The van der Waals surface area contributed by atoms with Crippen LogP contribution in [0, 0.1) is 5.82 Å². The molecule has 5 heteroatoms. The Bertz CT molecular complexity index is 831. The number of rotatable bonds is 3. The molecule has 1 aromatic heterocycles. The van der Waals surface area contributed by atoms with Crippen molar-refractivity contribution in [1.82, 2.24) is 14.8 Å². The second-order valence-electron chi connectivity index (χ2n) is 6.73. The van der Waals surface area contributed by atoms with Gasteiger partial charge >= 0.3 is 0 Å². The second kappa shape index (κ2) is 5.28. The van der Waals surface area contributed by atoms with Gasteiger partial charge in [0, 0.05) is 48.3 Å². The Kier molecular flexibility index (Phi) is 3.36. The predicted octanol–water partition coefficient (Wildman–Crippen LogP) is 2.50. The van der Waals surface area contributed by atoms with Crippen LogP contribution in [0.2, 0.25) is 0 Å². The lowest BCUT2D eigenvalue weighted by atomic mass is 9.96. The third-order valence-corrected chi connectivity index (χ3v) is 4.69. The summed E-state index contributed by atoms with van der Waals surface area (Å²) in [4.78, 5) is 12.8. The molecule has 2 aromatic rings. The van der Waals surface area contributed by atoms with Crippen LogP contribution in [0.3, 0.4) is 0 Å². The molecule has 4 nitrogen and oxygen atoms in total. The first-order valence-corrected chi connectivity index (χ1v) is 7.96. The number of benzene rings is 1. The van der Waals surface area contributed by atoms with E-state index in [9.17, 15) is 4.39 Å². The van der Waals surface area contributed by atoms with Gasteiger partial charge in [0.25, 0.3) is 0 Å². The molecule has 120 valence electrons. The third-order valence-electron chi connectivity index (χ3n) is 4.69. The van der Waals surface area contributed by atoms with Crippen LogP contribution in [0.1, 0.15) is 16.8 Å². The Morgan fingerprint density at radius 1 is 1.35 bits per heavy atom. The fourth-order valence-electron chi connectivity index (χ4n) is 3.54. The van der Waals surface area contributed by atoms with E-state index in [0.29, 0.717) is 6.54 Å². The highest BCUT2D eigenvalue weighted by atomic mass is 19.1. The maximum atomic E-state index is 13.9. The Morgan fingerprint density at radius 2 is 2.17 bits per heavy atom. The van der Waals surface area contributed by atoms with Crippen molar-refractivity contribution < 1.29 is 4.39 Å². The number of halogens is 1. The summed E-state index contributed by atoms with van der Waals surface area (Å²) in [6.45, 7) is 8.35. The third kappa shape index (κ3) is 2.40. The van der Waals surface area contributed by atoms with Crippen molar-refractivity contribution >= 4 is 22.2 Å². The van der Waals surface area contributed by atoms with Gasteiger partial charge in [0.15, 0.2) is 0 Å². The summed E-state index contributed by atoms with van der Waals surface area (Å²) < 4.78 is 13.9. The standard InChI is InChI=1S/C18H21FN4/c1-11-8-20-15-9-23(5-4-22(2)3)10-16-18(15)17-13(11)6-12(19)7-14(17)21-16/h6-7,21H,1,4-5,8-10H2,2-3H3. The first-order valence-electron chi connectivity index (χ1n) is 7.96. The highest BCUT2D eigenvalue weighted by Gasteiger charge is 2.29. The maximum Gasteiger partial charge on any atom is 0.125 e. The normalized spacial score (nSPS) is 17.7. The van der Waals surface area contributed by atoms with Gasteiger partial charge in [-0.25, -0.2) is 4.39 Å². The van der Waals surface area contributed by atoms with Crippen LogP contribution in [-0.4, -0.2) is 60.8 Å². The molecule has 2 aliphatic heterocycles. The van der Waals surface area contributed by atoms with E-state index in [-0.39, 0.29) is 5.82 Å². The largest absolute Gasteiger partial charge is 0.357 e. The summed E-state index contributed by atoms with van der Waals surface area (Å²) >= 11 is 0. The zero-order chi connectivity index (χ0) is 16.1. The van der Waals surface area contributed by atoms with Gasteiger partial charge in [-0.15, -0.1) is 0 Å². The Morgan fingerprint density at radius 3 is 2.96 bits per heavy atom. The number of likely N-dealkylation sites (N-methyl/N-ethyl adjacent to an activating group) is 1. The second-order valence-corrected chi connectivity index (χ2v) is 6.73. The van der Waals surface area contributed by atoms with Gasteiger partial charge in [0.1, 0.15) is 5.82 Å². The van der Waals surface area contributed by atoms with E-state index in [1.807, 2.05) is 0 Å². The summed E-state index contributed by atoms with van der Waals surface area (Å²) in [5.41, 5.74) is 6.06. The molecule has 3 heterocycles. The molecule has 23 heavy (non-hydrogen) atoms. The van der Waals surface area contributed by atoms with Crippen molar-refractivity contribution in [3.05, 3.63) is 41.3 Å². The van der Waals surface area contributed by atoms with Gasteiger partial charge in [-0.1, -0.05) is 6.58 Å². The fraction of sp³-hybridized carbons (Fsp3) is 0.389. The smallest absolute Gasteiger partial charge is 0.125 e. The monoisotopic (exact) mass is 312 g/mol. The van der Waals surface area contributed by atoms with Crippen molar-refractivity contribution in [2.24, 2.45) is 4.99 Å². The molecule has 2 aliphatic rings. The van der Waals surface area contributed by atoms with Crippen LogP contribution in [0.4, 0.5) is 4.39 Å². The SMILES string of the molecule is C=C1CN=C2CN(CCN(C)C)Cc3[nH]c4cc(F)cc1c4c32. The average Bonchev–Trinajstić information content (AvgIpc) is 2.79. The van der Waals surface area contributed by atoms with E-state index in [4.69, 9.17) is 4.99 Å². The first kappa shape index (κ1) is 14.6. The number of hydrogen-bond donors (Lipinski definition) is 1. The highest BCUT2D eigenvalue weighted by molar-refractivity contribution is 6.17. The topological polar surface area (TPSA) is 34.6 Å². The van der Waals surface area contributed by atoms with Gasteiger partial charge < -0.3 is 9.88 Å². The molecule has 0 saturated heterocycles. The van der Waals surface area contributed by atoms with E-state index in [1.54, 1.807) is 12.1 Å². The van der Waals surface area contributed by atoms with Crippen molar-refractivity contribution in [1.29, 1.82) is 0 Å². The summed E-state index contributed by atoms with van der Waals surface area (Å²) in [5, 5.41) is 1.09. The highest BCUT2D eigenvalue weighted by Crippen LogP contribution is 2.36. The molecule has 0 aliphatic carbocycles. The van der Waals surface area contributed by atoms with Gasteiger partial charge in [-0.3, -0.25) is 9.89 Å². The van der Waals surface area contributed by atoms with Crippen molar-refractivity contribution in [2.75, 3.05) is 40.3 Å². The number of nitrogens with one attached hydrogen (secondary N) is 1. The number of hydrogen-bond acceptors (Lipinski definition) is 3. The molecule has 1 aromatic carbocycles. The zero-order valence-electron chi connectivity index (χ0n) is 13.6. The Labute approximate surface area is 135 Å². The minimum Gasteiger partial charge on any atom is -0.357 e. The van der Waals surface area contributed by atoms with E-state index in [2.05, 4.69) is 35.5 Å². The van der Waals surface area contributed by atoms with Crippen LogP contribution in [0.15, 0.2) is 23.7 Å². The van der Waals surface area contributed by atoms with Crippen molar-refractivity contribution in [3.8, 4) is 0 Å². The maximum absolute atomic E-state index is 13.9. The fourth-order valence-corrected chi connectivity index (χ4v) is 3.54. The molecular formula is C18H21FN4. The molecule has 0 fully saturated rings.